The summed E-state index contributed by atoms with van der Waals surface area (Å²) >= 11 is 0. The van der Waals surface area contributed by atoms with Gasteiger partial charge in [0.15, 0.2) is 0 Å². The molecule has 1 aliphatic heterocycles. The van der Waals surface area contributed by atoms with E-state index in [9.17, 15) is 35.9 Å². The summed E-state index contributed by atoms with van der Waals surface area (Å²) in [6.07, 6.45) is -11.2. The molecule has 0 aliphatic carbocycles. The Balaban J connectivity index is 1.92. The summed E-state index contributed by atoms with van der Waals surface area (Å²) in [5.74, 6) is -0.752. The molecule has 1 saturated heterocycles. The molecule has 190 valence electrons. The van der Waals surface area contributed by atoms with E-state index in [0.29, 0.717) is 17.7 Å². The number of primary amides is 1. The Morgan fingerprint density at radius 3 is 2.11 bits per heavy atom. The quantitative estimate of drug-likeness (QED) is 0.545. The van der Waals surface area contributed by atoms with Crippen molar-refractivity contribution in [2.45, 2.75) is 37.8 Å². The lowest BCUT2D eigenvalue weighted by Crippen LogP contribution is -2.45. The Labute approximate surface area is 197 Å². The van der Waals surface area contributed by atoms with Crippen molar-refractivity contribution in [3.05, 3.63) is 70.3 Å². The molecule has 3 amide bonds. The third-order valence-electron chi connectivity index (χ3n) is 5.70. The van der Waals surface area contributed by atoms with Crippen molar-refractivity contribution in [2.75, 3.05) is 19.7 Å². The van der Waals surface area contributed by atoms with Gasteiger partial charge < -0.3 is 20.7 Å². The summed E-state index contributed by atoms with van der Waals surface area (Å²) in [6, 6.07) is 7.60. The Bertz CT molecular complexity index is 1070. The number of ether oxygens (including phenoxy) is 1. The van der Waals surface area contributed by atoms with Crippen LogP contribution in [0.1, 0.15) is 40.8 Å². The number of benzene rings is 2. The molecule has 2 aromatic rings. The molecular weight excluding hydrogens is 480 g/mol. The van der Waals surface area contributed by atoms with Gasteiger partial charge in [0.2, 0.25) is 5.91 Å². The van der Waals surface area contributed by atoms with Crippen LogP contribution in [0.25, 0.3) is 0 Å². The van der Waals surface area contributed by atoms with Crippen molar-refractivity contribution in [1.82, 2.24) is 10.2 Å². The number of nitrogens with one attached hydrogen (secondary N) is 1. The number of halogens is 6. The summed E-state index contributed by atoms with van der Waals surface area (Å²) in [7, 11) is 0. The summed E-state index contributed by atoms with van der Waals surface area (Å²) in [4.78, 5) is 25.0. The third-order valence-corrected chi connectivity index (χ3v) is 5.70. The van der Waals surface area contributed by atoms with Crippen LogP contribution < -0.4 is 11.1 Å². The number of nitrogens with zero attached hydrogens (tertiary/aromatic N) is 1. The van der Waals surface area contributed by atoms with Crippen LogP contribution in [0.4, 0.5) is 31.1 Å². The second kappa shape index (κ2) is 9.40. The SMILES string of the molecule is Cc1ccc([C@]2(CO[C@H](C)c3cc(C(F)(F)F)cc(C(F)(F)F)c3)CN(CC(N)=O)C(=O)N2)cc1. The third kappa shape index (κ3) is 6.05. The minimum absolute atomic E-state index is 0.0446. The van der Waals surface area contributed by atoms with Gasteiger partial charge in [-0.15, -0.1) is 0 Å². The zero-order chi connectivity index (χ0) is 26.2. The largest absolute Gasteiger partial charge is 0.416 e. The second-order valence-electron chi connectivity index (χ2n) is 8.49. The highest BCUT2D eigenvalue weighted by molar-refractivity contribution is 5.85. The van der Waals surface area contributed by atoms with Gasteiger partial charge in [0.25, 0.3) is 0 Å². The van der Waals surface area contributed by atoms with E-state index in [1.165, 1.54) is 6.92 Å². The molecule has 1 aliphatic rings. The minimum Gasteiger partial charge on any atom is -0.371 e. The smallest absolute Gasteiger partial charge is 0.371 e. The molecule has 3 rings (SSSR count). The van der Waals surface area contributed by atoms with E-state index in [0.717, 1.165) is 10.5 Å². The highest BCUT2D eigenvalue weighted by Crippen LogP contribution is 2.38. The van der Waals surface area contributed by atoms with Gasteiger partial charge in [0.1, 0.15) is 12.1 Å². The fourth-order valence-corrected chi connectivity index (χ4v) is 3.81. The summed E-state index contributed by atoms with van der Waals surface area (Å²) in [6.45, 7) is 2.43. The molecule has 0 spiro atoms. The van der Waals surface area contributed by atoms with Crippen LogP contribution in [-0.4, -0.2) is 36.5 Å². The first-order valence-corrected chi connectivity index (χ1v) is 10.4. The van der Waals surface area contributed by atoms with E-state index >= 15 is 0 Å². The van der Waals surface area contributed by atoms with Crippen LogP contribution in [0.3, 0.4) is 0 Å². The van der Waals surface area contributed by atoms with Gasteiger partial charge in [-0.05, 0) is 43.2 Å². The number of aryl methyl sites for hydroxylation is 1. The molecule has 1 fully saturated rings. The molecule has 35 heavy (non-hydrogen) atoms. The Kier molecular flexibility index (Phi) is 7.07. The number of urea groups is 1. The van der Waals surface area contributed by atoms with Gasteiger partial charge in [-0.25, -0.2) is 4.79 Å². The number of carbonyl (C=O) groups is 2. The van der Waals surface area contributed by atoms with E-state index in [1.807, 2.05) is 6.92 Å². The van der Waals surface area contributed by atoms with Gasteiger partial charge in [-0.3, -0.25) is 4.79 Å². The van der Waals surface area contributed by atoms with Gasteiger partial charge in [-0.1, -0.05) is 29.8 Å². The Morgan fingerprint density at radius 1 is 1.09 bits per heavy atom. The maximum atomic E-state index is 13.2. The molecule has 1 heterocycles. The average molecular weight is 503 g/mol. The number of alkyl halides is 6. The van der Waals surface area contributed by atoms with Crippen LogP contribution in [0.15, 0.2) is 42.5 Å². The van der Waals surface area contributed by atoms with Gasteiger partial charge in [-0.2, -0.15) is 26.3 Å². The van der Waals surface area contributed by atoms with Crippen LogP contribution in [-0.2, 0) is 27.4 Å². The van der Waals surface area contributed by atoms with Crippen molar-refractivity contribution in [2.24, 2.45) is 5.73 Å². The van der Waals surface area contributed by atoms with E-state index in [-0.39, 0.29) is 31.3 Å². The molecule has 2 atom stereocenters. The first-order chi connectivity index (χ1) is 16.1. The molecule has 0 bridgehead atoms. The van der Waals surface area contributed by atoms with Crippen molar-refractivity contribution in [3.8, 4) is 0 Å². The fraction of sp³-hybridized carbons (Fsp3) is 0.391. The Morgan fingerprint density at radius 2 is 1.63 bits per heavy atom. The fourth-order valence-electron chi connectivity index (χ4n) is 3.81. The molecule has 3 N–H and O–H groups in total. The van der Waals surface area contributed by atoms with E-state index in [2.05, 4.69) is 5.32 Å². The summed E-state index contributed by atoms with van der Waals surface area (Å²) < 4.78 is 85.2. The van der Waals surface area contributed by atoms with E-state index in [1.54, 1.807) is 24.3 Å². The molecule has 6 nitrogen and oxygen atoms in total. The second-order valence-corrected chi connectivity index (χ2v) is 8.49. The molecule has 12 heteroatoms. The van der Waals surface area contributed by atoms with Crippen LogP contribution in [0.2, 0.25) is 0 Å². The molecule has 0 radical (unpaired) electrons. The highest BCUT2D eigenvalue weighted by atomic mass is 19.4. The predicted molar refractivity (Wildman–Crippen MR) is 113 cm³/mol. The molecule has 0 aromatic heterocycles. The number of hydrogen-bond acceptors (Lipinski definition) is 3. The minimum atomic E-state index is -4.99. The lowest BCUT2D eigenvalue weighted by Gasteiger charge is -2.31. The zero-order valence-electron chi connectivity index (χ0n) is 18.8. The first kappa shape index (κ1) is 26.3. The summed E-state index contributed by atoms with van der Waals surface area (Å²) in [5, 5.41) is 2.73. The number of amides is 3. The number of carbonyl (C=O) groups excluding carboxylic acids is 2. The first-order valence-electron chi connectivity index (χ1n) is 10.4. The maximum absolute atomic E-state index is 13.2. The predicted octanol–water partition coefficient (Wildman–Crippen LogP) is 4.52. The lowest BCUT2D eigenvalue weighted by molar-refractivity contribution is -0.143. The number of hydrogen-bond donors (Lipinski definition) is 2. The van der Waals surface area contributed by atoms with Crippen molar-refractivity contribution in [3.63, 3.8) is 0 Å². The summed E-state index contributed by atoms with van der Waals surface area (Å²) in [5.41, 5.74) is 2.25. The van der Waals surface area contributed by atoms with Crippen molar-refractivity contribution >= 4 is 11.9 Å². The number of rotatable bonds is 7. The van der Waals surface area contributed by atoms with Gasteiger partial charge in [0, 0.05) is 0 Å². The van der Waals surface area contributed by atoms with Crippen molar-refractivity contribution in [1.29, 1.82) is 0 Å². The van der Waals surface area contributed by atoms with E-state index < -0.39 is 47.1 Å². The lowest BCUT2D eigenvalue weighted by atomic mass is 9.90. The Hall–Kier alpha value is -3.28. The molecule has 0 unspecified atom stereocenters. The molecule has 0 saturated carbocycles. The normalized spacial score (nSPS) is 19.5. The highest BCUT2D eigenvalue weighted by Gasteiger charge is 2.45. The standard InChI is InChI=1S/C23H23F6N3O3/c1-13-3-5-16(6-4-13)21(11-32(10-19(30)33)20(34)31-21)12-35-14(2)15-7-17(22(24,25)26)9-18(8-15)23(27,28)29/h3-9,14H,10-12H2,1-2H3,(H2,30,33)(H,31,34)/t14-,21-/m1/s1. The van der Waals surface area contributed by atoms with Crippen molar-refractivity contribution < 1.29 is 40.7 Å². The van der Waals surface area contributed by atoms with E-state index in [4.69, 9.17) is 10.5 Å². The zero-order valence-corrected chi connectivity index (χ0v) is 18.8. The van der Waals surface area contributed by atoms with Crippen LogP contribution in [0, 0.1) is 6.92 Å². The molecule has 2 aromatic carbocycles. The monoisotopic (exact) mass is 503 g/mol. The number of nitrogens with two attached hydrogens (primary N) is 1. The van der Waals surface area contributed by atoms with Crippen LogP contribution in [0.5, 0.6) is 0 Å². The van der Waals surface area contributed by atoms with Gasteiger partial charge in [0.05, 0.1) is 30.4 Å². The molecular formula is C23H23F6N3O3. The van der Waals surface area contributed by atoms with Gasteiger partial charge >= 0.3 is 18.4 Å². The maximum Gasteiger partial charge on any atom is 0.416 e. The average Bonchev–Trinajstić information content (AvgIpc) is 3.06. The van der Waals surface area contributed by atoms with Crippen LogP contribution >= 0.6 is 0 Å². The topological polar surface area (TPSA) is 84.7 Å².